The topological polar surface area (TPSA) is 492 Å². The van der Waals surface area contributed by atoms with Crippen molar-refractivity contribution in [3.8, 4) is 11.5 Å². The normalized spacial score (nSPS) is 26.4. The molecule has 12 atom stereocenters. The number of nitro benzene ring substituents is 1. The van der Waals surface area contributed by atoms with E-state index in [0.29, 0.717) is 0 Å². The van der Waals surface area contributed by atoms with Crippen LogP contribution < -0.4 is 36.2 Å². The van der Waals surface area contributed by atoms with E-state index in [0.717, 1.165) is 21.5 Å². The lowest BCUT2D eigenvalue weighted by molar-refractivity contribution is -0.745. The average molecular weight is 1040 g/mol. The van der Waals surface area contributed by atoms with Gasteiger partial charge in [-0.05, 0) is 13.0 Å². The highest BCUT2D eigenvalue weighted by atomic mass is 31.3. The number of nitro groups is 1. The number of amides is 1. The van der Waals surface area contributed by atoms with E-state index in [9.17, 15) is 73.3 Å². The van der Waals surface area contributed by atoms with Crippen molar-refractivity contribution < 1.29 is 104 Å². The van der Waals surface area contributed by atoms with Crippen molar-refractivity contribution in [2.24, 2.45) is 7.05 Å². The number of carbonyl (C=O) groups is 1. The number of hydrogen-bond acceptors (Lipinski definition) is 25. The number of nitrogens with two attached hydrogens (primary N) is 1. The molecule has 69 heavy (non-hydrogen) atoms. The third-order valence-corrected chi connectivity index (χ3v) is 14.6. The quantitative estimate of drug-likeness (QED) is 0.0216. The number of benzene rings is 1. The number of H-pyrrole nitrogens is 2. The van der Waals surface area contributed by atoms with E-state index < -0.39 is 126 Å². The first-order chi connectivity index (χ1) is 32.3. The molecule has 7 heterocycles. The van der Waals surface area contributed by atoms with Crippen molar-refractivity contribution in [1.29, 1.82) is 0 Å². The molecule has 0 aliphatic carbocycles. The summed E-state index contributed by atoms with van der Waals surface area (Å²) >= 11 is 0. The van der Waals surface area contributed by atoms with Crippen LogP contribution in [0.3, 0.4) is 0 Å². The molecule has 35 nitrogen and oxygen atoms in total. The number of carbonyl (C=O) groups excluding carboxylic acids is 1. The molecular formula is C31H37N11O24P3+. The fraction of sp³-hybridized carbons (Fsp3) is 0.452. The lowest BCUT2D eigenvalue weighted by atomic mass is 10.1. The standard InChI is InChI=1S/C31H36N11O24P3/c1-10(11-3-13-14(59-9-58-13)4-12(11)42(50)51)62-31(49)38-30-35-24-18(26(48)37-30)39(2)8-41(24)28-22(46)20(44)16(64-28)6-61-68(54,55)66-69(56,57)65-67(52,53)60-5-15-19(43)21(45)27(63-15)40-7-33-17-23(40)34-29(32)36-25(17)47/h3-4,7-8,10,15-16,19-22,27-28,43-46H,5-6,9H2,1-2H3,(H7-,32,34,35,36,37,38,47,48,49,52,53,54,55,56,57)/p+1/t10?,15-,16-,19?,20?,21?,22?,27-,28-/m1/s1. The number of aryl methyl sites for hydroxylation is 1. The molecule has 4 aromatic heterocycles. The Bertz CT molecular complexity index is 3130. The second kappa shape index (κ2) is 18.5. The molecule has 1 amide bonds. The fourth-order valence-corrected chi connectivity index (χ4v) is 10.8. The molecule has 8 unspecified atom stereocenters. The van der Waals surface area contributed by atoms with Crippen LogP contribution in [0, 0.1) is 10.1 Å². The zero-order valence-corrected chi connectivity index (χ0v) is 37.4. The summed E-state index contributed by atoms with van der Waals surface area (Å²) in [6.07, 6.45) is -14.5. The molecule has 38 heteroatoms. The minimum atomic E-state index is -6.11. The number of fused-ring (bicyclic) bond motifs is 3. The number of nitrogens with zero attached hydrogens (tertiary/aromatic N) is 7. The molecular weight excluding hydrogens is 1000 g/mol. The van der Waals surface area contributed by atoms with Gasteiger partial charge in [-0.2, -0.15) is 13.6 Å². The number of ether oxygens (including phenoxy) is 5. The van der Waals surface area contributed by atoms with Crippen LogP contribution in [0.25, 0.3) is 22.3 Å². The van der Waals surface area contributed by atoms with Gasteiger partial charge >= 0.3 is 35.2 Å². The number of hydrogen-bond donors (Lipinski definition) is 11. The van der Waals surface area contributed by atoms with Gasteiger partial charge in [-0.3, -0.25) is 47.9 Å². The monoisotopic (exact) mass is 1040 g/mol. The van der Waals surface area contributed by atoms with Crippen molar-refractivity contribution in [1.82, 2.24) is 34.1 Å². The summed E-state index contributed by atoms with van der Waals surface area (Å²) in [6, 6.07) is 2.36. The minimum Gasteiger partial charge on any atom is -0.454 e. The number of aromatic nitrogens is 8. The zero-order valence-electron chi connectivity index (χ0n) is 34.7. The van der Waals surface area contributed by atoms with Crippen LogP contribution in [-0.2, 0) is 52.6 Å². The number of phosphoric acid groups is 3. The molecule has 0 radical (unpaired) electrons. The molecule has 12 N–H and O–H groups in total. The summed E-state index contributed by atoms with van der Waals surface area (Å²) in [5, 5.41) is 56.8. The summed E-state index contributed by atoms with van der Waals surface area (Å²) in [4.78, 5) is 96.1. The van der Waals surface area contributed by atoms with Crippen LogP contribution in [-0.4, -0.2) is 137 Å². The Kier molecular flexibility index (Phi) is 13.3. The second-order valence-electron chi connectivity index (χ2n) is 14.9. The molecule has 0 saturated carbocycles. The van der Waals surface area contributed by atoms with Crippen LogP contribution in [0.2, 0.25) is 0 Å². The van der Waals surface area contributed by atoms with Gasteiger partial charge in [0.25, 0.3) is 22.8 Å². The van der Waals surface area contributed by atoms with E-state index in [1.54, 1.807) is 0 Å². The molecule has 2 fully saturated rings. The molecule has 5 aromatic rings. The fourth-order valence-electron chi connectivity index (χ4n) is 7.26. The van der Waals surface area contributed by atoms with Crippen LogP contribution >= 0.6 is 23.5 Å². The smallest absolute Gasteiger partial charge is 0.454 e. The molecule has 374 valence electrons. The van der Waals surface area contributed by atoms with Crippen molar-refractivity contribution >= 4 is 69.5 Å². The van der Waals surface area contributed by atoms with E-state index in [1.807, 2.05) is 0 Å². The average Bonchev–Trinajstić information content (AvgIpc) is 4.07. The van der Waals surface area contributed by atoms with Gasteiger partial charge in [0.1, 0.15) is 42.7 Å². The lowest BCUT2D eigenvalue weighted by Crippen LogP contribution is -2.46. The number of aliphatic hydroxyl groups excluding tert-OH is 4. The van der Waals surface area contributed by atoms with Gasteiger partial charge in [0.15, 0.2) is 35.2 Å². The van der Waals surface area contributed by atoms with Crippen LogP contribution in [0.4, 0.5) is 22.4 Å². The van der Waals surface area contributed by atoms with Gasteiger partial charge in [-0.25, -0.2) is 33.4 Å². The summed E-state index contributed by atoms with van der Waals surface area (Å²) in [5.74, 6) is -0.603. The minimum absolute atomic E-state index is 0.0647. The molecule has 3 aliphatic heterocycles. The summed E-state index contributed by atoms with van der Waals surface area (Å²) < 4.78 is 85.5. The number of rotatable bonds is 16. The lowest BCUT2D eigenvalue weighted by Gasteiger charge is -2.21. The van der Waals surface area contributed by atoms with Crippen molar-refractivity contribution in [3.05, 3.63) is 61.2 Å². The number of aliphatic hydroxyl groups is 4. The molecule has 1 aromatic carbocycles. The summed E-state index contributed by atoms with van der Waals surface area (Å²) in [5.41, 5.74) is 2.55. The van der Waals surface area contributed by atoms with Gasteiger partial charge in [0.2, 0.25) is 24.5 Å². The molecule has 0 bridgehead atoms. The Labute approximate surface area is 380 Å². The number of aromatic amines is 2. The number of nitrogen functional groups attached to an aromatic ring is 1. The van der Waals surface area contributed by atoms with Gasteiger partial charge in [0.05, 0.1) is 43.1 Å². The van der Waals surface area contributed by atoms with Crippen LogP contribution in [0.1, 0.15) is 31.0 Å². The number of phosphoric ester groups is 2. The Morgan fingerprint density at radius 1 is 0.957 bits per heavy atom. The van der Waals surface area contributed by atoms with Gasteiger partial charge in [0, 0.05) is 0 Å². The third kappa shape index (κ3) is 10.1. The highest BCUT2D eigenvalue weighted by molar-refractivity contribution is 7.66. The predicted octanol–water partition coefficient (Wildman–Crippen LogP) is -2.18. The maximum absolute atomic E-state index is 13.1. The van der Waals surface area contributed by atoms with E-state index >= 15 is 0 Å². The zero-order chi connectivity index (χ0) is 50.1. The van der Waals surface area contributed by atoms with E-state index in [2.05, 4.69) is 47.9 Å². The Morgan fingerprint density at radius 3 is 2.23 bits per heavy atom. The maximum Gasteiger partial charge on any atom is 0.490 e. The van der Waals surface area contributed by atoms with E-state index in [-0.39, 0.29) is 52.1 Å². The molecule has 3 aliphatic rings. The van der Waals surface area contributed by atoms with Crippen LogP contribution in [0.15, 0.2) is 34.4 Å². The maximum atomic E-state index is 13.1. The number of nitrogens with one attached hydrogen (secondary N) is 3. The summed E-state index contributed by atoms with van der Waals surface area (Å²) in [7, 11) is -16.3. The van der Waals surface area contributed by atoms with Crippen molar-refractivity contribution in [3.63, 3.8) is 0 Å². The molecule has 0 spiro atoms. The third-order valence-electron chi connectivity index (χ3n) is 10.3. The van der Waals surface area contributed by atoms with E-state index in [4.69, 9.17) is 29.4 Å². The molecule has 2 saturated heterocycles. The van der Waals surface area contributed by atoms with E-state index in [1.165, 1.54) is 30.9 Å². The summed E-state index contributed by atoms with van der Waals surface area (Å²) in [6.45, 7) is -1.21. The number of imidazole rings is 2. The predicted molar refractivity (Wildman–Crippen MR) is 217 cm³/mol. The highest BCUT2D eigenvalue weighted by Gasteiger charge is 2.50. The Morgan fingerprint density at radius 2 is 1.58 bits per heavy atom. The first-order valence-electron chi connectivity index (χ1n) is 19.3. The van der Waals surface area contributed by atoms with Crippen LogP contribution in [0.5, 0.6) is 11.5 Å². The number of anilines is 2. The Balaban J connectivity index is 0.873. The largest absolute Gasteiger partial charge is 0.490 e. The van der Waals surface area contributed by atoms with Gasteiger partial charge in [-0.1, -0.05) is 4.98 Å². The first-order valence-corrected chi connectivity index (χ1v) is 23.8. The second-order valence-corrected chi connectivity index (χ2v) is 19.6. The SMILES string of the molecule is CC(OC(=O)Nc1nc2c(c(=O)[nH]1)n(C)c[n+]2[C@@H]1O[C@H](COP(=O)(O)OP(=O)(O)OP(=O)(O)OC[C@H]2O[C@@H](n3cnc4c(=O)[nH]c(N)nc43)C(O)C2O)C(O)C1O)c1cc2c(cc1[N+](=O)[O-])OCO2. The first kappa shape index (κ1) is 49.6. The van der Waals surface area contributed by atoms with Crippen molar-refractivity contribution in [2.45, 2.75) is 62.1 Å². The van der Waals surface area contributed by atoms with Gasteiger partial charge in [-0.15, -0.1) is 0 Å². The highest BCUT2D eigenvalue weighted by Crippen LogP contribution is 2.68. The van der Waals surface area contributed by atoms with Crippen molar-refractivity contribution in [2.75, 3.05) is 31.1 Å². The molecule has 8 rings (SSSR count). The van der Waals surface area contributed by atoms with Gasteiger partial charge < -0.3 is 64.5 Å². The Hall–Kier alpha value is -5.84.